The lowest BCUT2D eigenvalue weighted by atomic mass is 9.93. The average Bonchev–Trinajstić information content (AvgIpc) is 2.97. The number of allylic oxidation sites excluding steroid dienone is 1. The molecule has 1 aliphatic carbocycles. The first-order valence-electron chi connectivity index (χ1n) is 6.89. The van der Waals surface area contributed by atoms with Gasteiger partial charge in [-0.15, -0.1) is 0 Å². The lowest BCUT2D eigenvalue weighted by Crippen LogP contribution is -2.06. The lowest BCUT2D eigenvalue weighted by Gasteiger charge is -2.09. The quantitative estimate of drug-likeness (QED) is 0.905. The Morgan fingerprint density at radius 2 is 1.90 bits per heavy atom. The van der Waals surface area contributed by atoms with Crippen molar-refractivity contribution in [1.29, 1.82) is 0 Å². The molecule has 0 amide bonds. The molecule has 0 spiro atoms. The SMILES string of the molecule is Cc1c2c(c3cc(C(=O)O)oc3c1C)C=C(C(C)C)C2=O. The molecule has 0 aliphatic heterocycles. The molecule has 0 bridgehead atoms. The topological polar surface area (TPSA) is 67.5 Å². The molecule has 2 aromatic rings. The van der Waals surface area contributed by atoms with E-state index in [4.69, 9.17) is 9.52 Å². The van der Waals surface area contributed by atoms with E-state index < -0.39 is 5.97 Å². The summed E-state index contributed by atoms with van der Waals surface area (Å²) in [6.07, 6.45) is 1.87. The summed E-state index contributed by atoms with van der Waals surface area (Å²) in [4.78, 5) is 23.7. The van der Waals surface area contributed by atoms with Crippen LogP contribution in [0.25, 0.3) is 17.0 Å². The third kappa shape index (κ3) is 1.75. The molecule has 108 valence electrons. The standard InChI is InChI=1S/C17H16O4/c1-7(2)10-5-11-12-6-13(17(19)20)21-16(12)9(4)8(3)14(11)15(10)18/h5-7H,1-4H3,(H,19,20). The molecule has 1 aromatic heterocycles. The number of Topliss-reactive ketones (excluding diaryl/α,β-unsaturated/α-hetero) is 1. The number of carboxylic acid groups (broad SMARTS) is 1. The minimum absolute atomic E-state index is 0.0422. The first-order valence-corrected chi connectivity index (χ1v) is 6.89. The Kier molecular flexibility index (Phi) is 2.80. The van der Waals surface area contributed by atoms with Crippen molar-refractivity contribution in [1.82, 2.24) is 0 Å². The largest absolute Gasteiger partial charge is 0.475 e. The van der Waals surface area contributed by atoms with Gasteiger partial charge in [-0.05, 0) is 48.6 Å². The van der Waals surface area contributed by atoms with Gasteiger partial charge in [0, 0.05) is 16.5 Å². The van der Waals surface area contributed by atoms with E-state index in [0.717, 1.165) is 22.3 Å². The number of ketones is 1. The Morgan fingerprint density at radius 1 is 1.24 bits per heavy atom. The summed E-state index contributed by atoms with van der Waals surface area (Å²) in [5, 5.41) is 9.81. The summed E-state index contributed by atoms with van der Waals surface area (Å²) >= 11 is 0. The first-order chi connectivity index (χ1) is 9.82. The summed E-state index contributed by atoms with van der Waals surface area (Å²) in [6.45, 7) is 7.69. The van der Waals surface area contributed by atoms with Crippen LogP contribution in [0.2, 0.25) is 0 Å². The second-order valence-electron chi connectivity index (χ2n) is 5.78. The van der Waals surface area contributed by atoms with Gasteiger partial charge in [-0.2, -0.15) is 0 Å². The zero-order valence-corrected chi connectivity index (χ0v) is 12.4. The maximum atomic E-state index is 12.6. The molecule has 3 rings (SSSR count). The zero-order chi connectivity index (χ0) is 15.5. The molecule has 0 radical (unpaired) electrons. The molecule has 1 N–H and O–H groups in total. The van der Waals surface area contributed by atoms with Crippen LogP contribution in [0, 0.1) is 19.8 Å². The number of aryl methyl sites for hydroxylation is 1. The van der Waals surface area contributed by atoms with Crippen molar-refractivity contribution in [2.45, 2.75) is 27.7 Å². The van der Waals surface area contributed by atoms with Gasteiger partial charge >= 0.3 is 5.97 Å². The fourth-order valence-corrected chi connectivity index (χ4v) is 2.91. The smallest absolute Gasteiger partial charge is 0.371 e. The number of furan rings is 1. The van der Waals surface area contributed by atoms with Crippen LogP contribution in [0.15, 0.2) is 16.1 Å². The predicted molar refractivity (Wildman–Crippen MR) is 79.8 cm³/mol. The fraction of sp³-hybridized carbons (Fsp3) is 0.294. The van der Waals surface area contributed by atoms with E-state index in [9.17, 15) is 9.59 Å². The van der Waals surface area contributed by atoms with Crippen LogP contribution < -0.4 is 0 Å². The van der Waals surface area contributed by atoms with Crippen molar-refractivity contribution in [3.63, 3.8) is 0 Å². The minimum Gasteiger partial charge on any atom is -0.475 e. The molecular weight excluding hydrogens is 268 g/mol. The Bertz CT molecular complexity index is 834. The molecular formula is C17H16O4. The summed E-state index contributed by atoms with van der Waals surface area (Å²) in [5.74, 6) is -1.03. The molecule has 0 saturated heterocycles. The molecule has 21 heavy (non-hydrogen) atoms. The number of carbonyl (C=O) groups excluding carboxylic acids is 1. The number of hydrogen-bond acceptors (Lipinski definition) is 3. The van der Waals surface area contributed by atoms with Crippen LogP contribution in [0.5, 0.6) is 0 Å². The highest BCUT2D eigenvalue weighted by Crippen LogP contribution is 2.40. The molecule has 0 fully saturated rings. The summed E-state index contributed by atoms with van der Waals surface area (Å²) in [7, 11) is 0. The highest BCUT2D eigenvalue weighted by atomic mass is 16.4. The number of carboxylic acids is 1. The molecule has 0 unspecified atom stereocenters. The monoisotopic (exact) mass is 284 g/mol. The van der Waals surface area contributed by atoms with E-state index in [1.165, 1.54) is 6.07 Å². The summed E-state index contributed by atoms with van der Waals surface area (Å²) in [5.41, 5.74) is 4.47. The van der Waals surface area contributed by atoms with E-state index in [0.29, 0.717) is 16.5 Å². The van der Waals surface area contributed by atoms with Gasteiger partial charge in [0.2, 0.25) is 5.76 Å². The maximum absolute atomic E-state index is 12.6. The lowest BCUT2D eigenvalue weighted by molar-refractivity contribution is 0.0664. The fourth-order valence-electron chi connectivity index (χ4n) is 2.91. The number of benzene rings is 1. The minimum atomic E-state index is -1.10. The van der Waals surface area contributed by atoms with Crippen LogP contribution in [0.3, 0.4) is 0 Å². The van der Waals surface area contributed by atoms with Crippen molar-refractivity contribution in [3.05, 3.63) is 39.7 Å². The van der Waals surface area contributed by atoms with E-state index in [-0.39, 0.29) is 17.5 Å². The van der Waals surface area contributed by atoms with Crippen LogP contribution in [0.4, 0.5) is 0 Å². The first kappa shape index (κ1) is 13.6. The van der Waals surface area contributed by atoms with Gasteiger partial charge in [0.05, 0.1) is 0 Å². The Balaban J connectivity index is 2.41. The molecule has 4 heteroatoms. The van der Waals surface area contributed by atoms with E-state index >= 15 is 0 Å². The van der Waals surface area contributed by atoms with Crippen LogP contribution in [-0.2, 0) is 0 Å². The van der Waals surface area contributed by atoms with E-state index in [1.54, 1.807) is 0 Å². The number of carbonyl (C=O) groups is 2. The highest BCUT2D eigenvalue weighted by Gasteiger charge is 2.30. The zero-order valence-electron chi connectivity index (χ0n) is 12.4. The van der Waals surface area contributed by atoms with Crippen molar-refractivity contribution in [2.24, 2.45) is 5.92 Å². The van der Waals surface area contributed by atoms with Gasteiger partial charge < -0.3 is 9.52 Å². The van der Waals surface area contributed by atoms with Gasteiger partial charge in [0.15, 0.2) is 5.78 Å². The molecule has 4 nitrogen and oxygen atoms in total. The normalized spacial score (nSPS) is 14.0. The van der Waals surface area contributed by atoms with Gasteiger partial charge in [-0.25, -0.2) is 4.79 Å². The number of hydrogen-bond donors (Lipinski definition) is 1. The van der Waals surface area contributed by atoms with Crippen LogP contribution in [0.1, 0.15) is 51.5 Å². The molecule has 1 aliphatic rings. The van der Waals surface area contributed by atoms with Crippen molar-refractivity contribution in [2.75, 3.05) is 0 Å². The number of fused-ring (bicyclic) bond motifs is 3. The van der Waals surface area contributed by atoms with Crippen LogP contribution in [-0.4, -0.2) is 16.9 Å². The van der Waals surface area contributed by atoms with Crippen molar-refractivity contribution in [3.8, 4) is 0 Å². The highest BCUT2D eigenvalue weighted by molar-refractivity contribution is 6.22. The average molecular weight is 284 g/mol. The molecule has 1 heterocycles. The number of rotatable bonds is 2. The number of aromatic carboxylic acids is 1. The summed E-state index contributed by atoms with van der Waals surface area (Å²) in [6, 6.07) is 1.51. The Hall–Kier alpha value is -2.36. The predicted octanol–water partition coefficient (Wildman–Crippen LogP) is 3.98. The third-order valence-corrected chi connectivity index (χ3v) is 4.19. The van der Waals surface area contributed by atoms with Gasteiger partial charge in [0.1, 0.15) is 5.58 Å². The third-order valence-electron chi connectivity index (χ3n) is 4.19. The van der Waals surface area contributed by atoms with Gasteiger partial charge in [0.25, 0.3) is 0 Å². The molecule has 0 saturated carbocycles. The molecule has 1 aromatic carbocycles. The summed E-state index contributed by atoms with van der Waals surface area (Å²) < 4.78 is 5.46. The van der Waals surface area contributed by atoms with E-state index in [1.807, 2.05) is 33.8 Å². The van der Waals surface area contributed by atoms with Crippen LogP contribution >= 0.6 is 0 Å². The Labute approximate surface area is 122 Å². The second kappa shape index (κ2) is 4.32. The molecule has 0 atom stereocenters. The van der Waals surface area contributed by atoms with Crippen molar-refractivity contribution < 1.29 is 19.1 Å². The van der Waals surface area contributed by atoms with Gasteiger partial charge in [-0.3, -0.25) is 4.79 Å². The van der Waals surface area contributed by atoms with Crippen molar-refractivity contribution >= 4 is 28.8 Å². The van der Waals surface area contributed by atoms with E-state index in [2.05, 4.69) is 0 Å². The second-order valence-corrected chi connectivity index (χ2v) is 5.78. The van der Waals surface area contributed by atoms with Gasteiger partial charge in [-0.1, -0.05) is 13.8 Å². The Morgan fingerprint density at radius 3 is 2.48 bits per heavy atom. The maximum Gasteiger partial charge on any atom is 0.371 e.